The van der Waals surface area contributed by atoms with E-state index < -0.39 is 10.0 Å². The van der Waals surface area contributed by atoms with Crippen LogP contribution in [0.5, 0.6) is 0 Å². The van der Waals surface area contributed by atoms with E-state index in [1.807, 2.05) is 12.1 Å². The first-order valence-electron chi connectivity index (χ1n) is 6.37. The van der Waals surface area contributed by atoms with Gasteiger partial charge in [-0.1, -0.05) is 22.0 Å². The van der Waals surface area contributed by atoms with Crippen LogP contribution in [0.15, 0.2) is 28.7 Å². The molecule has 1 aromatic carbocycles. The number of nitrogens with one attached hydrogen (secondary N) is 1. The van der Waals surface area contributed by atoms with E-state index in [-0.39, 0.29) is 11.9 Å². The number of likely N-dealkylation sites (tertiary alicyclic amines) is 1. The number of piperidine rings is 1. The summed E-state index contributed by atoms with van der Waals surface area (Å²) in [5, 5.41) is 0. The second-order valence-electron chi connectivity index (χ2n) is 4.97. The molecule has 0 radical (unpaired) electrons. The summed E-state index contributed by atoms with van der Waals surface area (Å²) >= 11 is 3.35. The highest BCUT2D eigenvalue weighted by molar-refractivity contribution is 9.10. The molecule has 1 saturated heterocycles. The van der Waals surface area contributed by atoms with Gasteiger partial charge in [0.25, 0.3) is 5.91 Å². The van der Waals surface area contributed by atoms with Crippen LogP contribution in [0.1, 0.15) is 23.2 Å². The molecule has 0 aromatic heterocycles. The Bertz CT molecular complexity index is 595. The predicted molar refractivity (Wildman–Crippen MR) is 81.0 cm³/mol. The van der Waals surface area contributed by atoms with Gasteiger partial charge in [-0.25, -0.2) is 13.1 Å². The molecule has 1 fully saturated rings. The maximum absolute atomic E-state index is 12.3. The fraction of sp³-hybridized carbons (Fsp3) is 0.462. The lowest BCUT2D eigenvalue weighted by molar-refractivity contribution is 0.0711. The molecule has 1 amide bonds. The minimum Gasteiger partial charge on any atom is -0.339 e. The second kappa shape index (κ2) is 6.24. The number of benzene rings is 1. The summed E-state index contributed by atoms with van der Waals surface area (Å²) in [5.41, 5.74) is 0.647. The molecule has 110 valence electrons. The number of halogens is 1. The molecule has 20 heavy (non-hydrogen) atoms. The Morgan fingerprint density at radius 3 is 2.55 bits per heavy atom. The highest BCUT2D eigenvalue weighted by atomic mass is 79.9. The first-order chi connectivity index (χ1) is 9.35. The van der Waals surface area contributed by atoms with Crippen LogP contribution in [0.4, 0.5) is 0 Å². The molecule has 2 rings (SSSR count). The summed E-state index contributed by atoms with van der Waals surface area (Å²) in [7, 11) is -3.18. The number of amides is 1. The van der Waals surface area contributed by atoms with Crippen LogP contribution < -0.4 is 4.72 Å². The van der Waals surface area contributed by atoms with Crippen molar-refractivity contribution in [3.8, 4) is 0 Å². The Kier molecular flexibility index (Phi) is 4.82. The summed E-state index contributed by atoms with van der Waals surface area (Å²) in [4.78, 5) is 14.1. The van der Waals surface area contributed by atoms with Crippen LogP contribution >= 0.6 is 15.9 Å². The number of sulfonamides is 1. The maximum Gasteiger partial charge on any atom is 0.253 e. The fourth-order valence-electron chi connectivity index (χ4n) is 2.31. The van der Waals surface area contributed by atoms with Crippen molar-refractivity contribution in [2.24, 2.45) is 0 Å². The van der Waals surface area contributed by atoms with Crippen molar-refractivity contribution in [3.63, 3.8) is 0 Å². The maximum atomic E-state index is 12.3. The molecule has 1 aliphatic heterocycles. The fourth-order valence-corrected chi connectivity index (χ4v) is 3.55. The van der Waals surface area contributed by atoms with E-state index in [9.17, 15) is 13.2 Å². The number of nitrogens with zero attached hydrogens (tertiary/aromatic N) is 1. The number of hydrogen-bond donors (Lipinski definition) is 1. The molecule has 1 aromatic rings. The molecular weight excluding hydrogens is 344 g/mol. The molecule has 1 heterocycles. The van der Waals surface area contributed by atoms with Gasteiger partial charge in [-0.2, -0.15) is 0 Å². The molecule has 0 unspecified atom stereocenters. The quantitative estimate of drug-likeness (QED) is 0.890. The van der Waals surface area contributed by atoms with Crippen LogP contribution in [0.25, 0.3) is 0 Å². The van der Waals surface area contributed by atoms with Crippen molar-refractivity contribution in [3.05, 3.63) is 34.3 Å². The van der Waals surface area contributed by atoms with Crippen molar-refractivity contribution in [1.82, 2.24) is 9.62 Å². The van der Waals surface area contributed by atoms with E-state index in [4.69, 9.17) is 0 Å². The standard InChI is InChI=1S/C13H17BrN2O3S/c1-20(18,19)15-12-5-7-16(8-6-12)13(17)10-3-2-4-11(14)9-10/h2-4,9,12,15H,5-8H2,1H3. The van der Waals surface area contributed by atoms with Gasteiger partial charge in [0.2, 0.25) is 10.0 Å². The molecule has 7 heteroatoms. The highest BCUT2D eigenvalue weighted by Crippen LogP contribution is 2.17. The average Bonchev–Trinajstić information content (AvgIpc) is 2.37. The molecule has 0 bridgehead atoms. The van der Waals surface area contributed by atoms with Gasteiger partial charge in [0.15, 0.2) is 0 Å². The summed E-state index contributed by atoms with van der Waals surface area (Å²) in [6.07, 6.45) is 2.45. The van der Waals surface area contributed by atoms with E-state index >= 15 is 0 Å². The van der Waals surface area contributed by atoms with Crippen LogP contribution in [0.2, 0.25) is 0 Å². The minimum atomic E-state index is -3.18. The number of carbonyl (C=O) groups is 1. The van der Waals surface area contributed by atoms with Gasteiger partial charge in [-0.05, 0) is 31.0 Å². The SMILES string of the molecule is CS(=O)(=O)NC1CCN(C(=O)c2cccc(Br)c2)CC1. The van der Waals surface area contributed by atoms with Crippen LogP contribution in [-0.4, -0.2) is 44.6 Å². The van der Waals surface area contributed by atoms with Gasteiger partial charge in [-0.3, -0.25) is 4.79 Å². The third kappa shape index (κ3) is 4.29. The van der Waals surface area contributed by atoms with Crippen molar-refractivity contribution in [2.75, 3.05) is 19.3 Å². The topological polar surface area (TPSA) is 66.5 Å². The largest absolute Gasteiger partial charge is 0.339 e. The van der Waals surface area contributed by atoms with Crippen molar-refractivity contribution >= 4 is 31.9 Å². The molecule has 0 atom stereocenters. The molecule has 1 N–H and O–H groups in total. The van der Waals surface area contributed by atoms with Gasteiger partial charge in [-0.15, -0.1) is 0 Å². The number of rotatable bonds is 3. The average molecular weight is 361 g/mol. The molecule has 5 nitrogen and oxygen atoms in total. The lowest BCUT2D eigenvalue weighted by Gasteiger charge is -2.32. The van der Waals surface area contributed by atoms with Crippen LogP contribution in [0, 0.1) is 0 Å². The lowest BCUT2D eigenvalue weighted by atomic mass is 10.0. The minimum absolute atomic E-state index is 0.0101. The summed E-state index contributed by atoms with van der Waals surface area (Å²) < 4.78 is 25.8. The highest BCUT2D eigenvalue weighted by Gasteiger charge is 2.25. The van der Waals surface area contributed by atoms with E-state index in [1.165, 1.54) is 0 Å². The summed E-state index contributed by atoms with van der Waals surface area (Å²) in [6.45, 7) is 1.14. The van der Waals surface area contributed by atoms with E-state index in [1.54, 1.807) is 17.0 Å². The zero-order valence-electron chi connectivity index (χ0n) is 11.2. The van der Waals surface area contributed by atoms with E-state index in [0.29, 0.717) is 31.5 Å². The van der Waals surface area contributed by atoms with Gasteiger partial charge in [0, 0.05) is 29.2 Å². The Hall–Kier alpha value is -0.920. The lowest BCUT2D eigenvalue weighted by Crippen LogP contribution is -2.46. The zero-order chi connectivity index (χ0) is 14.8. The second-order valence-corrected chi connectivity index (χ2v) is 7.66. The Labute approximate surface area is 127 Å². The predicted octanol–water partition coefficient (Wildman–Crippen LogP) is 1.60. The summed E-state index contributed by atoms with van der Waals surface area (Å²) in [6, 6.07) is 7.21. The van der Waals surface area contributed by atoms with Gasteiger partial charge in [0.05, 0.1) is 6.26 Å². The first-order valence-corrected chi connectivity index (χ1v) is 9.06. The van der Waals surface area contributed by atoms with Crippen molar-refractivity contribution in [1.29, 1.82) is 0 Å². The zero-order valence-corrected chi connectivity index (χ0v) is 13.6. The molecular formula is C13H17BrN2O3S. The first kappa shape index (κ1) is 15.5. The van der Waals surface area contributed by atoms with Gasteiger partial charge >= 0.3 is 0 Å². The van der Waals surface area contributed by atoms with Crippen molar-refractivity contribution < 1.29 is 13.2 Å². The third-order valence-electron chi connectivity index (χ3n) is 3.23. The monoisotopic (exact) mass is 360 g/mol. The Morgan fingerprint density at radius 1 is 1.35 bits per heavy atom. The molecule has 0 saturated carbocycles. The van der Waals surface area contributed by atoms with E-state index in [2.05, 4.69) is 20.7 Å². The van der Waals surface area contributed by atoms with Crippen LogP contribution in [0.3, 0.4) is 0 Å². The summed E-state index contributed by atoms with van der Waals surface area (Å²) in [5.74, 6) is -0.0101. The van der Waals surface area contributed by atoms with E-state index in [0.717, 1.165) is 10.7 Å². The van der Waals surface area contributed by atoms with Crippen molar-refractivity contribution in [2.45, 2.75) is 18.9 Å². The smallest absolute Gasteiger partial charge is 0.253 e. The van der Waals surface area contributed by atoms with Gasteiger partial charge < -0.3 is 4.90 Å². The Morgan fingerprint density at radius 2 is 2.00 bits per heavy atom. The van der Waals surface area contributed by atoms with Gasteiger partial charge in [0.1, 0.15) is 0 Å². The number of carbonyl (C=O) groups excluding carboxylic acids is 1. The molecule has 0 aliphatic carbocycles. The Balaban J connectivity index is 1.95. The molecule has 1 aliphatic rings. The van der Waals surface area contributed by atoms with Crippen LogP contribution in [-0.2, 0) is 10.0 Å². The normalized spacial score (nSPS) is 17.2. The number of hydrogen-bond acceptors (Lipinski definition) is 3. The third-order valence-corrected chi connectivity index (χ3v) is 4.49. The molecule has 0 spiro atoms.